The van der Waals surface area contributed by atoms with Gasteiger partial charge in [-0.25, -0.2) is 8.42 Å². The van der Waals surface area contributed by atoms with Gasteiger partial charge in [0.1, 0.15) is 5.76 Å². The minimum absolute atomic E-state index is 0.0361. The summed E-state index contributed by atoms with van der Waals surface area (Å²) < 4.78 is 33.0. The molecule has 0 spiro atoms. The molecule has 7 nitrogen and oxygen atoms in total. The Kier molecular flexibility index (Phi) is 3.35. The highest BCUT2D eigenvalue weighted by atomic mass is 32.2. The molecule has 1 aliphatic rings. The molecule has 3 rings (SSSR count). The number of aryl methyl sites for hydroxylation is 1. The molecule has 0 amide bonds. The van der Waals surface area contributed by atoms with E-state index in [0.29, 0.717) is 24.7 Å². The molecule has 1 unspecified atom stereocenters. The van der Waals surface area contributed by atoms with Crippen LogP contribution in [0.3, 0.4) is 0 Å². The second-order valence-electron chi connectivity index (χ2n) is 4.88. The molecular weight excluding hydrogens is 282 g/mol. The van der Waals surface area contributed by atoms with Crippen molar-refractivity contribution in [1.82, 2.24) is 15.5 Å². The van der Waals surface area contributed by atoms with Crippen molar-refractivity contribution in [3.8, 4) is 11.4 Å². The lowest BCUT2D eigenvalue weighted by atomic mass is 10.2. The summed E-state index contributed by atoms with van der Waals surface area (Å²) in [5.74, 6) is 2.06. The summed E-state index contributed by atoms with van der Waals surface area (Å²) in [5, 5.41) is 7.02. The van der Waals surface area contributed by atoms with Crippen LogP contribution in [-0.4, -0.2) is 36.1 Å². The van der Waals surface area contributed by atoms with Gasteiger partial charge in [0.25, 0.3) is 0 Å². The van der Waals surface area contributed by atoms with E-state index in [4.69, 9.17) is 8.94 Å². The van der Waals surface area contributed by atoms with Crippen LogP contribution in [-0.2, 0) is 16.4 Å². The first kappa shape index (κ1) is 13.3. The van der Waals surface area contributed by atoms with Crippen molar-refractivity contribution < 1.29 is 17.4 Å². The van der Waals surface area contributed by atoms with Crippen LogP contribution >= 0.6 is 0 Å². The van der Waals surface area contributed by atoms with Crippen LogP contribution in [0, 0.1) is 6.92 Å². The molecule has 3 heterocycles. The van der Waals surface area contributed by atoms with Gasteiger partial charge in [-0.2, -0.15) is 4.98 Å². The van der Waals surface area contributed by atoms with Gasteiger partial charge in [0.2, 0.25) is 11.7 Å². The van der Waals surface area contributed by atoms with Crippen molar-refractivity contribution in [2.45, 2.75) is 25.9 Å². The maximum absolute atomic E-state index is 11.3. The van der Waals surface area contributed by atoms with Crippen molar-refractivity contribution in [2.75, 3.05) is 11.5 Å². The van der Waals surface area contributed by atoms with Gasteiger partial charge in [-0.15, -0.1) is 0 Å². The minimum atomic E-state index is -2.88. The van der Waals surface area contributed by atoms with E-state index in [1.807, 2.05) is 6.92 Å². The van der Waals surface area contributed by atoms with Crippen LogP contribution < -0.4 is 5.32 Å². The smallest absolute Gasteiger partial charge is 0.240 e. The molecule has 0 saturated carbocycles. The number of nitrogens with zero attached hydrogens (tertiary/aromatic N) is 2. The normalized spacial score (nSPS) is 21.4. The molecule has 8 heteroatoms. The average molecular weight is 297 g/mol. The monoisotopic (exact) mass is 297 g/mol. The number of nitrogens with one attached hydrogen (secondary N) is 1. The van der Waals surface area contributed by atoms with E-state index in [1.54, 1.807) is 12.3 Å². The van der Waals surface area contributed by atoms with Crippen molar-refractivity contribution in [2.24, 2.45) is 0 Å². The lowest BCUT2D eigenvalue weighted by Crippen LogP contribution is -2.29. The van der Waals surface area contributed by atoms with Gasteiger partial charge in [-0.3, -0.25) is 0 Å². The molecule has 1 atom stereocenters. The molecule has 1 N–H and O–H groups in total. The molecule has 0 radical (unpaired) electrons. The maximum atomic E-state index is 11.3. The van der Waals surface area contributed by atoms with Gasteiger partial charge in [-0.1, -0.05) is 5.16 Å². The fourth-order valence-corrected chi connectivity index (χ4v) is 3.95. The van der Waals surface area contributed by atoms with Crippen LogP contribution in [0.1, 0.15) is 18.1 Å². The third-order valence-corrected chi connectivity index (χ3v) is 5.11. The molecule has 1 aliphatic heterocycles. The zero-order valence-corrected chi connectivity index (χ0v) is 11.8. The highest BCUT2D eigenvalue weighted by molar-refractivity contribution is 7.91. The van der Waals surface area contributed by atoms with Gasteiger partial charge in [0, 0.05) is 6.04 Å². The molecular formula is C12H15N3O4S. The summed E-state index contributed by atoms with van der Waals surface area (Å²) in [6, 6.07) is 1.74. The van der Waals surface area contributed by atoms with Crippen molar-refractivity contribution >= 4 is 9.84 Å². The summed E-state index contributed by atoms with van der Waals surface area (Å²) in [4.78, 5) is 4.26. The van der Waals surface area contributed by atoms with E-state index in [2.05, 4.69) is 15.5 Å². The first-order valence-corrected chi connectivity index (χ1v) is 8.16. The summed E-state index contributed by atoms with van der Waals surface area (Å²) in [7, 11) is -2.88. The first-order chi connectivity index (χ1) is 9.53. The zero-order valence-electron chi connectivity index (χ0n) is 11.0. The van der Waals surface area contributed by atoms with Crippen molar-refractivity contribution in [3.63, 3.8) is 0 Å². The van der Waals surface area contributed by atoms with E-state index in [9.17, 15) is 8.42 Å². The minimum Gasteiger partial charge on any atom is -0.469 e. The van der Waals surface area contributed by atoms with Gasteiger partial charge in [0.05, 0.1) is 29.9 Å². The third-order valence-electron chi connectivity index (χ3n) is 3.34. The Balaban J connectivity index is 1.62. The Morgan fingerprint density at radius 3 is 3.00 bits per heavy atom. The number of furan rings is 1. The number of rotatable bonds is 4. The molecule has 0 aliphatic carbocycles. The van der Waals surface area contributed by atoms with Gasteiger partial charge >= 0.3 is 0 Å². The lowest BCUT2D eigenvalue weighted by Gasteiger charge is -2.06. The van der Waals surface area contributed by atoms with Gasteiger partial charge in [-0.05, 0) is 19.4 Å². The topological polar surface area (TPSA) is 98.2 Å². The molecule has 20 heavy (non-hydrogen) atoms. The number of hydrogen-bond acceptors (Lipinski definition) is 7. The third kappa shape index (κ3) is 2.75. The molecule has 1 fully saturated rings. The average Bonchev–Trinajstić information content (AvgIpc) is 3.07. The predicted octanol–water partition coefficient (Wildman–Crippen LogP) is 0.915. The molecule has 108 valence electrons. The molecule has 0 aromatic carbocycles. The Morgan fingerprint density at radius 1 is 1.50 bits per heavy atom. The number of hydrogen-bond donors (Lipinski definition) is 1. The van der Waals surface area contributed by atoms with E-state index >= 15 is 0 Å². The highest BCUT2D eigenvalue weighted by Gasteiger charge is 2.27. The second kappa shape index (κ2) is 5.02. The molecule has 1 saturated heterocycles. The summed E-state index contributed by atoms with van der Waals surface area (Å²) in [6.07, 6.45) is 2.20. The number of aromatic nitrogens is 2. The van der Waals surface area contributed by atoms with E-state index in [-0.39, 0.29) is 17.5 Å². The fraction of sp³-hybridized carbons (Fsp3) is 0.500. The lowest BCUT2D eigenvalue weighted by molar-refractivity contribution is 0.360. The van der Waals surface area contributed by atoms with Crippen LogP contribution in [0.25, 0.3) is 11.4 Å². The van der Waals surface area contributed by atoms with Crippen LogP contribution in [0.4, 0.5) is 0 Å². The number of sulfone groups is 1. The summed E-state index contributed by atoms with van der Waals surface area (Å²) >= 11 is 0. The second-order valence-corrected chi connectivity index (χ2v) is 7.11. The first-order valence-electron chi connectivity index (χ1n) is 6.34. The Bertz CT molecular complexity index is 704. The quantitative estimate of drug-likeness (QED) is 0.895. The SMILES string of the molecule is Cc1occc1-c1noc(CNC2CCS(=O)(=O)C2)n1. The van der Waals surface area contributed by atoms with Gasteiger partial charge < -0.3 is 14.3 Å². The zero-order chi connectivity index (χ0) is 14.2. The fourth-order valence-electron chi connectivity index (χ4n) is 2.24. The van der Waals surface area contributed by atoms with Crippen LogP contribution in [0.2, 0.25) is 0 Å². The Morgan fingerprint density at radius 2 is 2.35 bits per heavy atom. The van der Waals surface area contributed by atoms with Crippen LogP contribution in [0.5, 0.6) is 0 Å². The predicted molar refractivity (Wildman–Crippen MR) is 70.6 cm³/mol. The van der Waals surface area contributed by atoms with Gasteiger partial charge in [0.15, 0.2) is 9.84 Å². The molecule has 2 aromatic heterocycles. The summed E-state index contributed by atoms with van der Waals surface area (Å²) in [5.41, 5.74) is 0.795. The standard InChI is InChI=1S/C12H15N3O4S/c1-8-10(2-4-18-8)12-14-11(19-15-12)6-13-9-3-5-20(16,17)7-9/h2,4,9,13H,3,5-7H2,1H3. The Labute approximate surface area is 116 Å². The molecule has 2 aromatic rings. The summed E-state index contributed by atoms with van der Waals surface area (Å²) in [6.45, 7) is 2.19. The van der Waals surface area contributed by atoms with E-state index < -0.39 is 9.84 Å². The maximum Gasteiger partial charge on any atom is 0.240 e. The van der Waals surface area contributed by atoms with E-state index in [0.717, 1.165) is 11.3 Å². The highest BCUT2D eigenvalue weighted by Crippen LogP contribution is 2.21. The Hall–Kier alpha value is -1.67. The van der Waals surface area contributed by atoms with Crippen LogP contribution in [0.15, 0.2) is 21.3 Å². The molecule has 0 bridgehead atoms. The van der Waals surface area contributed by atoms with Crippen molar-refractivity contribution in [3.05, 3.63) is 24.0 Å². The van der Waals surface area contributed by atoms with Crippen molar-refractivity contribution in [1.29, 1.82) is 0 Å². The van der Waals surface area contributed by atoms with E-state index in [1.165, 1.54) is 0 Å². The largest absolute Gasteiger partial charge is 0.469 e.